The summed E-state index contributed by atoms with van der Waals surface area (Å²) in [6, 6.07) is 0.582. The molecule has 1 N–H and O–H groups in total. The van der Waals surface area contributed by atoms with Gasteiger partial charge in [0.1, 0.15) is 0 Å². The number of rotatable bonds is 6. The maximum Gasteiger partial charge on any atom is 0.0831 e. The maximum atomic E-state index is 5.99. The second kappa shape index (κ2) is 6.91. The van der Waals surface area contributed by atoms with E-state index in [1.165, 1.54) is 64.2 Å². The predicted molar refractivity (Wildman–Crippen MR) is 76.9 cm³/mol. The molecule has 106 valence electrons. The molecule has 0 bridgehead atoms. The van der Waals surface area contributed by atoms with Crippen molar-refractivity contribution in [1.29, 1.82) is 0 Å². The third kappa shape index (κ3) is 3.27. The van der Waals surface area contributed by atoms with Crippen molar-refractivity contribution < 1.29 is 4.74 Å². The smallest absolute Gasteiger partial charge is 0.0831 e. The Morgan fingerprint density at radius 1 is 1.11 bits per heavy atom. The van der Waals surface area contributed by atoms with Gasteiger partial charge in [0.05, 0.1) is 5.60 Å². The molecule has 2 aliphatic carbocycles. The molecule has 0 aromatic carbocycles. The number of methoxy groups -OCH3 is 1. The zero-order valence-corrected chi connectivity index (χ0v) is 12.3. The van der Waals surface area contributed by atoms with Gasteiger partial charge in [0, 0.05) is 13.2 Å². The lowest BCUT2D eigenvalue weighted by Crippen LogP contribution is -2.51. The fourth-order valence-corrected chi connectivity index (χ4v) is 4.15. The van der Waals surface area contributed by atoms with Crippen molar-refractivity contribution in [2.24, 2.45) is 5.92 Å². The Labute approximate surface area is 113 Å². The SMILES string of the molecule is CCNC(CC1CCCCC1)C1(OC)CCCC1. The molecule has 0 aliphatic heterocycles. The van der Waals surface area contributed by atoms with Crippen LogP contribution < -0.4 is 5.32 Å². The summed E-state index contributed by atoms with van der Waals surface area (Å²) in [6.45, 7) is 3.30. The van der Waals surface area contributed by atoms with Gasteiger partial charge < -0.3 is 10.1 Å². The summed E-state index contributed by atoms with van der Waals surface area (Å²) in [4.78, 5) is 0. The molecule has 0 aromatic heterocycles. The summed E-state index contributed by atoms with van der Waals surface area (Å²) in [5.74, 6) is 0.940. The molecule has 2 fully saturated rings. The van der Waals surface area contributed by atoms with Crippen LogP contribution in [0.2, 0.25) is 0 Å². The van der Waals surface area contributed by atoms with Gasteiger partial charge in [-0.1, -0.05) is 51.9 Å². The second-order valence-electron chi connectivity index (χ2n) is 6.33. The third-order valence-electron chi connectivity index (χ3n) is 5.24. The van der Waals surface area contributed by atoms with Crippen LogP contribution in [0.4, 0.5) is 0 Å². The average Bonchev–Trinajstić information content (AvgIpc) is 2.89. The van der Waals surface area contributed by atoms with Crippen LogP contribution in [0, 0.1) is 5.92 Å². The topological polar surface area (TPSA) is 21.3 Å². The first-order valence-electron chi connectivity index (χ1n) is 8.09. The van der Waals surface area contributed by atoms with Crippen LogP contribution in [-0.2, 0) is 4.74 Å². The van der Waals surface area contributed by atoms with Crippen molar-refractivity contribution in [1.82, 2.24) is 5.32 Å². The molecular formula is C16H31NO. The van der Waals surface area contributed by atoms with E-state index in [1.54, 1.807) is 0 Å². The van der Waals surface area contributed by atoms with Crippen molar-refractivity contribution in [3.8, 4) is 0 Å². The van der Waals surface area contributed by atoms with Gasteiger partial charge in [0.2, 0.25) is 0 Å². The Bertz CT molecular complexity index is 229. The lowest BCUT2D eigenvalue weighted by atomic mass is 9.79. The summed E-state index contributed by atoms with van der Waals surface area (Å²) in [6.07, 6.45) is 13.8. The second-order valence-corrected chi connectivity index (χ2v) is 6.33. The van der Waals surface area contributed by atoms with Gasteiger partial charge in [-0.3, -0.25) is 0 Å². The highest BCUT2D eigenvalue weighted by Crippen LogP contribution is 2.39. The van der Waals surface area contributed by atoms with E-state index in [9.17, 15) is 0 Å². The van der Waals surface area contributed by atoms with Gasteiger partial charge in [-0.2, -0.15) is 0 Å². The molecule has 2 saturated carbocycles. The summed E-state index contributed by atoms with van der Waals surface area (Å²) in [5, 5.41) is 3.74. The minimum Gasteiger partial charge on any atom is -0.377 e. The fourth-order valence-electron chi connectivity index (χ4n) is 4.15. The van der Waals surface area contributed by atoms with E-state index in [-0.39, 0.29) is 5.60 Å². The Hall–Kier alpha value is -0.0800. The Kier molecular flexibility index (Phi) is 5.50. The van der Waals surface area contributed by atoms with E-state index < -0.39 is 0 Å². The highest BCUT2D eigenvalue weighted by Gasteiger charge is 2.41. The van der Waals surface area contributed by atoms with E-state index >= 15 is 0 Å². The highest BCUT2D eigenvalue weighted by molar-refractivity contribution is 4.97. The van der Waals surface area contributed by atoms with Gasteiger partial charge in [-0.15, -0.1) is 0 Å². The Balaban J connectivity index is 1.97. The molecule has 0 heterocycles. The first-order valence-corrected chi connectivity index (χ1v) is 8.09. The molecule has 0 aromatic rings. The molecule has 0 saturated heterocycles. The van der Waals surface area contributed by atoms with Gasteiger partial charge in [-0.05, 0) is 31.7 Å². The van der Waals surface area contributed by atoms with Crippen LogP contribution >= 0.6 is 0 Å². The van der Waals surface area contributed by atoms with Crippen LogP contribution in [0.15, 0.2) is 0 Å². The minimum atomic E-state index is 0.146. The number of likely N-dealkylation sites (N-methyl/N-ethyl adjacent to an activating group) is 1. The van der Waals surface area contributed by atoms with Crippen LogP contribution in [0.5, 0.6) is 0 Å². The number of hydrogen-bond donors (Lipinski definition) is 1. The van der Waals surface area contributed by atoms with E-state index in [1.807, 2.05) is 7.11 Å². The molecule has 2 nitrogen and oxygen atoms in total. The van der Waals surface area contributed by atoms with Crippen molar-refractivity contribution in [3.63, 3.8) is 0 Å². The number of ether oxygens (including phenoxy) is 1. The number of hydrogen-bond acceptors (Lipinski definition) is 2. The maximum absolute atomic E-state index is 5.99. The molecule has 1 unspecified atom stereocenters. The summed E-state index contributed by atoms with van der Waals surface area (Å²) in [5.41, 5.74) is 0.146. The van der Waals surface area contributed by atoms with E-state index in [0.29, 0.717) is 6.04 Å². The van der Waals surface area contributed by atoms with Crippen molar-refractivity contribution in [3.05, 3.63) is 0 Å². The molecule has 2 aliphatic rings. The monoisotopic (exact) mass is 253 g/mol. The standard InChI is InChI=1S/C16H31NO/c1-3-17-15(13-14-9-5-4-6-10-14)16(18-2)11-7-8-12-16/h14-15,17H,3-13H2,1-2H3. The molecule has 0 radical (unpaired) electrons. The van der Waals surface area contributed by atoms with Crippen molar-refractivity contribution in [2.45, 2.75) is 82.8 Å². The largest absolute Gasteiger partial charge is 0.377 e. The number of nitrogens with one attached hydrogen (secondary N) is 1. The molecule has 0 amide bonds. The Morgan fingerprint density at radius 2 is 1.78 bits per heavy atom. The third-order valence-corrected chi connectivity index (χ3v) is 5.24. The normalized spacial score (nSPS) is 26.3. The van der Waals surface area contributed by atoms with E-state index in [0.717, 1.165) is 12.5 Å². The van der Waals surface area contributed by atoms with Crippen LogP contribution in [-0.4, -0.2) is 25.3 Å². The van der Waals surface area contributed by atoms with E-state index in [2.05, 4.69) is 12.2 Å². The average molecular weight is 253 g/mol. The molecule has 0 spiro atoms. The van der Waals surface area contributed by atoms with E-state index in [4.69, 9.17) is 4.74 Å². The first-order chi connectivity index (χ1) is 8.80. The van der Waals surface area contributed by atoms with Crippen LogP contribution in [0.25, 0.3) is 0 Å². The van der Waals surface area contributed by atoms with Crippen molar-refractivity contribution >= 4 is 0 Å². The van der Waals surface area contributed by atoms with Gasteiger partial charge in [-0.25, -0.2) is 0 Å². The summed E-state index contributed by atoms with van der Waals surface area (Å²) < 4.78 is 5.99. The first kappa shape index (κ1) is 14.3. The van der Waals surface area contributed by atoms with Crippen LogP contribution in [0.1, 0.15) is 71.1 Å². The zero-order chi connectivity index (χ0) is 12.8. The molecule has 1 atom stereocenters. The quantitative estimate of drug-likeness (QED) is 0.775. The molecular weight excluding hydrogens is 222 g/mol. The highest BCUT2D eigenvalue weighted by atomic mass is 16.5. The lowest BCUT2D eigenvalue weighted by molar-refractivity contribution is -0.0424. The van der Waals surface area contributed by atoms with Crippen molar-refractivity contribution in [2.75, 3.05) is 13.7 Å². The minimum absolute atomic E-state index is 0.146. The van der Waals surface area contributed by atoms with Crippen LogP contribution in [0.3, 0.4) is 0 Å². The van der Waals surface area contributed by atoms with Gasteiger partial charge in [0.15, 0.2) is 0 Å². The Morgan fingerprint density at radius 3 is 2.33 bits per heavy atom. The molecule has 2 heteroatoms. The van der Waals surface area contributed by atoms with Gasteiger partial charge >= 0.3 is 0 Å². The predicted octanol–water partition coefficient (Wildman–Crippen LogP) is 3.89. The fraction of sp³-hybridized carbons (Fsp3) is 1.00. The summed E-state index contributed by atoms with van der Waals surface area (Å²) >= 11 is 0. The zero-order valence-electron chi connectivity index (χ0n) is 12.3. The summed E-state index contributed by atoms with van der Waals surface area (Å²) in [7, 11) is 1.93. The molecule has 18 heavy (non-hydrogen) atoms. The molecule has 2 rings (SSSR count). The van der Waals surface area contributed by atoms with Gasteiger partial charge in [0.25, 0.3) is 0 Å². The lowest BCUT2D eigenvalue weighted by Gasteiger charge is -2.39.